The zero-order valence-electron chi connectivity index (χ0n) is 9.49. The van der Waals surface area contributed by atoms with E-state index in [-0.39, 0.29) is 0 Å². The lowest BCUT2D eigenvalue weighted by Crippen LogP contribution is -2.10. The maximum atomic E-state index is 5.55. The molecular formula is C13H16N2O. The Morgan fingerprint density at radius 3 is 3.25 bits per heavy atom. The predicted octanol–water partition coefficient (Wildman–Crippen LogP) is 2.29. The van der Waals surface area contributed by atoms with E-state index in [9.17, 15) is 0 Å². The molecular weight excluding hydrogens is 200 g/mol. The first-order chi connectivity index (χ1) is 7.83. The van der Waals surface area contributed by atoms with Crippen molar-refractivity contribution in [2.75, 3.05) is 13.1 Å². The Labute approximate surface area is 94.9 Å². The summed E-state index contributed by atoms with van der Waals surface area (Å²) >= 11 is 0. The maximum Gasteiger partial charge on any atom is 0.192 e. The van der Waals surface area contributed by atoms with Gasteiger partial charge in [-0.3, -0.25) is 0 Å². The van der Waals surface area contributed by atoms with Gasteiger partial charge in [-0.05, 0) is 43.5 Å². The van der Waals surface area contributed by atoms with Gasteiger partial charge >= 0.3 is 0 Å². The molecule has 3 nitrogen and oxygen atoms in total. The van der Waals surface area contributed by atoms with Crippen LogP contribution in [0.15, 0.2) is 22.6 Å². The number of rotatable bonds is 2. The molecule has 1 saturated heterocycles. The third kappa shape index (κ3) is 1.71. The number of hydrogen-bond donors (Lipinski definition) is 1. The van der Waals surface area contributed by atoms with E-state index in [0.29, 0.717) is 0 Å². The Kier molecular flexibility index (Phi) is 2.40. The normalized spacial score (nSPS) is 20.7. The van der Waals surface area contributed by atoms with Gasteiger partial charge in [-0.25, -0.2) is 4.98 Å². The van der Waals surface area contributed by atoms with Gasteiger partial charge in [-0.2, -0.15) is 0 Å². The first kappa shape index (κ1) is 9.85. The highest BCUT2D eigenvalue weighted by Gasteiger charge is 2.17. The minimum Gasteiger partial charge on any atom is -0.441 e. The summed E-state index contributed by atoms with van der Waals surface area (Å²) in [7, 11) is 0. The molecule has 0 amide bonds. The van der Waals surface area contributed by atoms with E-state index in [4.69, 9.17) is 4.42 Å². The standard InChI is InChI=1S/C13H16N2O/c1-9-15-13-11(3-2-4-12(13)16-9)7-10-5-6-14-8-10/h2-4,10,14H,5-8H2,1H3. The molecule has 1 aliphatic heterocycles. The third-order valence-electron chi connectivity index (χ3n) is 3.28. The molecule has 0 bridgehead atoms. The molecule has 2 aromatic rings. The van der Waals surface area contributed by atoms with Crippen molar-refractivity contribution in [3.8, 4) is 0 Å². The van der Waals surface area contributed by atoms with Crippen molar-refractivity contribution < 1.29 is 4.42 Å². The Balaban J connectivity index is 1.95. The van der Waals surface area contributed by atoms with Crippen LogP contribution in [0.3, 0.4) is 0 Å². The summed E-state index contributed by atoms with van der Waals surface area (Å²) in [6, 6.07) is 6.22. The van der Waals surface area contributed by atoms with Crippen molar-refractivity contribution in [1.29, 1.82) is 0 Å². The van der Waals surface area contributed by atoms with Gasteiger partial charge in [0.2, 0.25) is 0 Å². The summed E-state index contributed by atoms with van der Waals surface area (Å²) in [4.78, 5) is 4.47. The zero-order chi connectivity index (χ0) is 11.0. The topological polar surface area (TPSA) is 38.1 Å². The van der Waals surface area contributed by atoms with E-state index < -0.39 is 0 Å². The number of aryl methyl sites for hydroxylation is 1. The number of aromatic nitrogens is 1. The minimum absolute atomic E-state index is 0.752. The summed E-state index contributed by atoms with van der Waals surface area (Å²) in [5, 5.41) is 3.40. The number of fused-ring (bicyclic) bond motifs is 1. The van der Waals surface area contributed by atoms with E-state index in [2.05, 4.69) is 22.4 Å². The largest absolute Gasteiger partial charge is 0.441 e. The minimum atomic E-state index is 0.752. The van der Waals surface area contributed by atoms with Crippen LogP contribution in [0.5, 0.6) is 0 Å². The van der Waals surface area contributed by atoms with Crippen molar-refractivity contribution in [1.82, 2.24) is 10.3 Å². The predicted molar refractivity (Wildman–Crippen MR) is 63.4 cm³/mol. The van der Waals surface area contributed by atoms with Gasteiger partial charge in [0.25, 0.3) is 0 Å². The van der Waals surface area contributed by atoms with Gasteiger partial charge in [-0.15, -0.1) is 0 Å². The molecule has 0 radical (unpaired) electrons. The van der Waals surface area contributed by atoms with Crippen LogP contribution in [0, 0.1) is 12.8 Å². The fourth-order valence-electron chi connectivity index (χ4n) is 2.48. The number of nitrogens with one attached hydrogen (secondary N) is 1. The summed E-state index contributed by atoms with van der Waals surface area (Å²) in [6.07, 6.45) is 2.38. The Morgan fingerprint density at radius 1 is 1.50 bits per heavy atom. The van der Waals surface area contributed by atoms with E-state index >= 15 is 0 Å². The molecule has 3 rings (SSSR count). The quantitative estimate of drug-likeness (QED) is 0.837. The Morgan fingerprint density at radius 2 is 2.44 bits per heavy atom. The molecule has 1 unspecified atom stereocenters. The molecule has 1 aromatic carbocycles. The molecule has 0 spiro atoms. The van der Waals surface area contributed by atoms with Crippen LogP contribution in [-0.4, -0.2) is 18.1 Å². The summed E-state index contributed by atoms with van der Waals surface area (Å²) in [6.45, 7) is 4.19. The van der Waals surface area contributed by atoms with E-state index in [1.165, 1.54) is 12.0 Å². The molecule has 1 aliphatic rings. The number of nitrogens with zero attached hydrogens (tertiary/aromatic N) is 1. The van der Waals surface area contributed by atoms with Crippen LogP contribution in [0.2, 0.25) is 0 Å². The molecule has 1 atom stereocenters. The second-order valence-electron chi connectivity index (χ2n) is 4.56. The maximum absolute atomic E-state index is 5.55. The fourth-order valence-corrected chi connectivity index (χ4v) is 2.48. The van der Waals surface area contributed by atoms with E-state index in [1.807, 2.05) is 13.0 Å². The number of hydrogen-bond acceptors (Lipinski definition) is 3. The fraction of sp³-hybridized carbons (Fsp3) is 0.462. The first-order valence-corrected chi connectivity index (χ1v) is 5.88. The van der Waals surface area contributed by atoms with Crippen molar-refractivity contribution in [2.24, 2.45) is 5.92 Å². The first-order valence-electron chi connectivity index (χ1n) is 5.88. The van der Waals surface area contributed by atoms with Gasteiger partial charge in [0.1, 0.15) is 5.52 Å². The lowest BCUT2D eigenvalue weighted by atomic mass is 9.98. The molecule has 1 fully saturated rings. The summed E-state index contributed by atoms with van der Waals surface area (Å²) in [5.74, 6) is 1.51. The zero-order valence-corrected chi connectivity index (χ0v) is 9.49. The van der Waals surface area contributed by atoms with Gasteiger partial charge in [0, 0.05) is 6.92 Å². The molecule has 16 heavy (non-hydrogen) atoms. The highest BCUT2D eigenvalue weighted by atomic mass is 16.3. The van der Waals surface area contributed by atoms with Crippen LogP contribution >= 0.6 is 0 Å². The van der Waals surface area contributed by atoms with Crippen molar-refractivity contribution in [3.63, 3.8) is 0 Å². The van der Waals surface area contributed by atoms with E-state index in [1.54, 1.807) is 0 Å². The van der Waals surface area contributed by atoms with Crippen LogP contribution in [0.1, 0.15) is 17.9 Å². The average molecular weight is 216 g/mol. The van der Waals surface area contributed by atoms with Crippen molar-refractivity contribution in [3.05, 3.63) is 29.7 Å². The molecule has 3 heteroatoms. The van der Waals surface area contributed by atoms with Crippen LogP contribution < -0.4 is 5.32 Å². The third-order valence-corrected chi connectivity index (χ3v) is 3.28. The van der Waals surface area contributed by atoms with Gasteiger partial charge in [0.15, 0.2) is 11.5 Å². The molecule has 1 N–H and O–H groups in total. The van der Waals surface area contributed by atoms with E-state index in [0.717, 1.165) is 42.4 Å². The highest BCUT2D eigenvalue weighted by molar-refractivity contribution is 5.76. The lowest BCUT2D eigenvalue weighted by molar-refractivity contribution is 0.561. The van der Waals surface area contributed by atoms with Crippen LogP contribution in [0.4, 0.5) is 0 Å². The van der Waals surface area contributed by atoms with Gasteiger partial charge in [-0.1, -0.05) is 12.1 Å². The Hall–Kier alpha value is -1.35. The van der Waals surface area contributed by atoms with Crippen molar-refractivity contribution in [2.45, 2.75) is 19.8 Å². The molecule has 2 heterocycles. The second kappa shape index (κ2) is 3.91. The summed E-state index contributed by atoms with van der Waals surface area (Å²) < 4.78 is 5.55. The second-order valence-corrected chi connectivity index (χ2v) is 4.56. The van der Waals surface area contributed by atoms with Crippen molar-refractivity contribution >= 4 is 11.1 Å². The molecule has 1 aromatic heterocycles. The van der Waals surface area contributed by atoms with Gasteiger partial charge < -0.3 is 9.73 Å². The monoisotopic (exact) mass is 216 g/mol. The smallest absolute Gasteiger partial charge is 0.192 e. The Bertz CT molecular complexity index is 498. The molecule has 84 valence electrons. The molecule has 0 saturated carbocycles. The lowest BCUT2D eigenvalue weighted by Gasteiger charge is -2.07. The SMILES string of the molecule is Cc1nc2c(CC3CCNC3)cccc2o1. The molecule has 0 aliphatic carbocycles. The summed E-state index contributed by atoms with van der Waals surface area (Å²) in [5.41, 5.74) is 3.29. The number of oxazole rings is 1. The van der Waals surface area contributed by atoms with Gasteiger partial charge in [0.05, 0.1) is 0 Å². The number of para-hydroxylation sites is 1. The number of benzene rings is 1. The highest BCUT2D eigenvalue weighted by Crippen LogP contribution is 2.23. The van der Waals surface area contributed by atoms with Crippen LogP contribution in [-0.2, 0) is 6.42 Å². The average Bonchev–Trinajstić information content (AvgIpc) is 2.86. The van der Waals surface area contributed by atoms with Crippen LogP contribution in [0.25, 0.3) is 11.1 Å².